The van der Waals surface area contributed by atoms with Crippen LogP contribution in [-0.2, 0) is 49.3 Å². The minimum Gasteiger partial charge on any atom is -0.495 e. The van der Waals surface area contributed by atoms with Gasteiger partial charge in [-0.25, -0.2) is 9.59 Å². The molecule has 0 spiro atoms. The maximum atomic E-state index is 14.3. The Bertz CT molecular complexity index is 2080. The number of ether oxygens (including phenoxy) is 5. The Morgan fingerprint density at radius 3 is 2.54 bits per heavy atom. The highest BCUT2D eigenvalue weighted by molar-refractivity contribution is 8.77. The van der Waals surface area contributed by atoms with Crippen LogP contribution in [-0.4, -0.2) is 144 Å². The molecular formula is C48H72ClN5O13S2. The molecule has 9 atom stereocenters. The number of fused-ring (bicyclic) bond motifs is 5. The van der Waals surface area contributed by atoms with Crippen molar-refractivity contribution >= 4 is 74.6 Å². The Morgan fingerprint density at radius 2 is 1.87 bits per heavy atom. The molecule has 21 heteroatoms. The first-order chi connectivity index (χ1) is 32.4. The Labute approximate surface area is 418 Å². The number of unbranched alkanes of at least 4 members (excludes halogenated alkanes) is 1. The summed E-state index contributed by atoms with van der Waals surface area (Å²) in [5.41, 5.74) is 4.46. The zero-order valence-electron chi connectivity index (χ0n) is 41.5. The van der Waals surface area contributed by atoms with E-state index in [0.29, 0.717) is 62.9 Å². The predicted molar refractivity (Wildman–Crippen MR) is 266 cm³/mol. The van der Waals surface area contributed by atoms with Gasteiger partial charge in [0.25, 0.3) is 0 Å². The fourth-order valence-electron chi connectivity index (χ4n) is 8.27. The summed E-state index contributed by atoms with van der Waals surface area (Å²) in [4.78, 5) is 80.8. The van der Waals surface area contributed by atoms with Gasteiger partial charge in [0.2, 0.25) is 17.7 Å². The van der Waals surface area contributed by atoms with E-state index in [9.17, 15) is 33.9 Å². The number of halogens is 1. The minimum absolute atomic E-state index is 0.0688. The number of aliphatic hydroxyl groups is 1. The van der Waals surface area contributed by atoms with E-state index in [2.05, 4.69) is 10.6 Å². The number of carboxylic acid groups (broad SMARTS) is 1. The summed E-state index contributed by atoms with van der Waals surface area (Å²) in [5.74, 6) is -2.10. The zero-order valence-corrected chi connectivity index (χ0v) is 43.9. The zero-order chi connectivity index (χ0) is 51.4. The van der Waals surface area contributed by atoms with Crippen LogP contribution in [0, 0.1) is 5.92 Å². The fourth-order valence-corrected chi connectivity index (χ4v) is 11.2. The molecule has 18 nitrogen and oxygen atoms in total. The number of epoxide rings is 1. The second kappa shape index (κ2) is 25.4. The molecule has 386 valence electrons. The van der Waals surface area contributed by atoms with Gasteiger partial charge in [0, 0.05) is 63.4 Å². The van der Waals surface area contributed by atoms with Crippen LogP contribution in [0.3, 0.4) is 0 Å². The molecule has 2 saturated heterocycles. The number of aliphatic carboxylic acids is 1. The monoisotopic (exact) mass is 1030 g/mol. The summed E-state index contributed by atoms with van der Waals surface area (Å²) in [7, 11) is 9.23. The lowest BCUT2D eigenvalue weighted by Gasteiger charge is -2.42. The Balaban J connectivity index is 1.44. The van der Waals surface area contributed by atoms with Crippen LogP contribution in [0.5, 0.6) is 5.75 Å². The van der Waals surface area contributed by atoms with Crippen molar-refractivity contribution in [1.82, 2.24) is 15.5 Å². The minimum atomic E-state index is -1.86. The van der Waals surface area contributed by atoms with Gasteiger partial charge in [-0.15, -0.1) is 0 Å². The number of hydrogen-bond donors (Lipinski definition) is 5. The van der Waals surface area contributed by atoms with Crippen molar-refractivity contribution in [2.24, 2.45) is 11.7 Å². The van der Waals surface area contributed by atoms with Crippen LogP contribution in [0.2, 0.25) is 5.02 Å². The van der Waals surface area contributed by atoms with E-state index in [4.69, 9.17) is 46.1 Å². The largest absolute Gasteiger partial charge is 0.495 e. The maximum absolute atomic E-state index is 14.3. The molecule has 3 aliphatic rings. The smallest absolute Gasteiger partial charge is 0.409 e. The van der Waals surface area contributed by atoms with E-state index < -0.39 is 77.7 Å². The van der Waals surface area contributed by atoms with Gasteiger partial charge in [-0.05, 0) is 90.8 Å². The highest BCUT2D eigenvalue weighted by atomic mass is 35.5. The molecule has 69 heavy (non-hydrogen) atoms. The highest BCUT2D eigenvalue weighted by Gasteiger charge is 2.64. The lowest BCUT2D eigenvalue weighted by Crippen LogP contribution is -2.63. The molecule has 6 N–H and O–H groups in total. The number of amides is 4. The van der Waals surface area contributed by atoms with E-state index in [1.807, 2.05) is 26.8 Å². The fraction of sp³-hybridized carbons (Fsp3) is 0.667. The average molecular weight is 1030 g/mol. The molecule has 4 rings (SSSR count). The number of nitrogens with zero attached hydrogens (tertiary/aromatic N) is 2. The van der Waals surface area contributed by atoms with Crippen molar-refractivity contribution in [1.29, 1.82) is 0 Å². The number of carbonyl (C=O) groups is 6. The van der Waals surface area contributed by atoms with E-state index in [1.54, 1.807) is 73.7 Å². The molecular weight excluding hydrogens is 954 g/mol. The number of anilines is 1. The number of nitrogens with two attached hydrogens (primary N) is 1. The molecule has 1 aromatic carbocycles. The number of hydrogen-bond acceptors (Lipinski definition) is 15. The summed E-state index contributed by atoms with van der Waals surface area (Å²) in [6.07, 6.45) is 3.92. The maximum Gasteiger partial charge on any atom is 0.409 e. The third kappa shape index (κ3) is 16.0. The van der Waals surface area contributed by atoms with E-state index in [0.717, 1.165) is 16.9 Å². The molecule has 2 fully saturated rings. The molecule has 0 radical (unpaired) electrons. The van der Waals surface area contributed by atoms with Crippen LogP contribution in [0.1, 0.15) is 105 Å². The van der Waals surface area contributed by atoms with Gasteiger partial charge >= 0.3 is 18.0 Å². The van der Waals surface area contributed by atoms with Crippen LogP contribution >= 0.6 is 33.2 Å². The number of likely N-dealkylation sites (N-methyl/N-ethyl adjacent to an activating group) is 1. The van der Waals surface area contributed by atoms with Crippen molar-refractivity contribution in [2.45, 2.75) is 158 Å². The first kappa shape index (κ1) is 57.5. The summed E-state index contributed by atoms with van der Waals surface area (Å²) in [6, 6.07) is 1.62. The topological polar surface area (TPSA) is 249 Å². The number of rotatable bonds is 20. The molecule has 0 saturated carbocycles. The predicted octanol–water partition coefficient (Wildman–Crippen LogP) is 5.93. The van der Waals surface area contributed by atoms with Gasteiger partial charge in [0.1, 0.15) is 46.8 Å². The third-order valence-electron chi connectivity index (χ3n) is 13.0. The molecule has 3 heterocycles. The number of carbonyl (C=O) groups excluding carboxylic acids is 5. The second-order valence-electron chi connectivity index (χ2n) is 19.0. The van der Waals surface area contributed by atoms with E-state index >= 15 is 0 Å². The molecule has 0 aromatic heterocycles. The SMILES string of the molecule is COc1cc2cc(c1Cl)N(C)C(=O)C[C@H](OC(=O)[C@H](C)N(C)C(=O)CCC(C)(C)SSCCCC(=O)NCCCC[C@H](N)C(=O)O)[C@]1(C)O[C@H]1[C@H](C)[C@@H]1C[C@@](O)(NC(=O)O1)[C@H](OC)/C=C\C=C(\C)C2. The van der Waals surface area contributed by atoms with Crippen molar-refractivity contribution in [3.63, 3.8) is 0 Å². The molecule has 4 bridgehead atoms. The van der Waals surface area contributed by atoms with Crippen molar-refractivity contribution in [3.05, 3.63) is 46.5 Å². The van der Waals surface area contributed by atoms with Crippen molar-refractivity contribution in [2.75, 3.05) is 45.5 Å². The summed E-state index contributed by atoms with van der Waals surface area (Å²) in [5, 5.41) is 26.3. The van der Waals surface area contributed by atoms with Crippen LogP contribution in [0.25, 0.3) is 0 Å². The number of benzene rings is 1. The van der Waals surface area contributed by atoms with Gasteiger partial charge in [-0.2, -0.15) is 0 Å². The normalized spacial score (nSPS) is 27.3. The number of methoxy groups -OCH3 is 2. The highest BCUT2D eigenvalue weighted by Crippen LogP contribution is 2.49. The van der Waals surface area contributed by atoms with Gasteiger partial charge in [-0.3, -0.25) is 24.5 Å². The molecule has 0 unspecified atom stereocenters. The molecule has 3 aliphatic heterocycles. The second-order valence-corrected chi connectivity index (χ2v) is 22.5. The first-order valence-corrected chi connectivity index (χ1v) is 26.0. The van der Waals surface area contributed by atoms with E-state index in [-0.39, 0.29) is 40.8 Å². The van der Waals surface area contributed by atoms with Crippen LogP contribution < -0.4 is 26.0 Å². The summed E-state index contributed by atoms with van der Waals surface area (Å²) < 4.78 is 29.2. The number of allylic oxidation sites excluding steroid dienone is 3. The first-order valence-electron chi connectivity index (χ1n) is 23.3. The van der Waals surface area contributed by atoms with Crippen molar-refractivity contribution < 1.29 is 62.7 Å². The Kier molecular flexibility index (Phi) is 21.1. The van der Waals surface area contributed by atoms with Gasteiger partial charge < -0.3 is 54.7 Å². The van der Waals surface area contributed by atoms with Crippen LogP contribution in [0.15, 0.2) is 35.9 Å². The average Bonchev–Trinajstić information content (AvgIpc) is 3.99. The number of alkyl carbamates (subject to hydrolysis) is 1. The van der Waals surface area contributed by atoms with E-state index in [1.165, 1.54) is 31.1 Å². The Hall–Kier alpha value is -4.05. The van der Waals surface area contributed by atoms with Gasteiger partial charge in [0.15, 0.2) is 5.72 Å². The lowest BCUT2D eigenvalue weighted by atomic mass is 9.83. The van der Waals surface area contributed by atoms with Gasteiger partial charge in [-0.1, -0.05) is 63.9 Å². The lowest BCUT2D eigenvalue weighted by molar-refractivity contribution is -0.162. The quantitative estimate of drug-likeness (QED) is 0.0439. The third-order valence-corrected chi connectivity index (χ3v) is 16.8. The molecule has 1 aromatic rings. The van der Waals surface area contributed by atoms with Crippen molar-refractivity contribution in [3.8, 4) is 5.75 Å². The standard InChI is InChI=1S/C48H72ClN5O13S2/c1-28-15-13-17-36(64-10)48(62)27-35(65-45(61)52-48)29(2)42-47(6,67-42)37(26-40(57)54(8)33-24-31(23-28)25-34(63-9)41(33)49)66-44(60)30(3)53(7)39(56)19-20-46(4,5)69-68-22-14-18-38(55)51-21-12-11-16-32(50)43(58)59/h13,15,17,24-25,29-30,32,35-37,42,62H,11-12,14,16,18-23,26-27,50H2,1-10H3,(H,51,55)(H,52,61)(H,58,59)/b17-13-,28-15-/t29-,30+,32+,35+,36-,37+,42+,47+,48+/m1/s1. The van der Waals surface area contributed by atoms with Crippen LogP contribution in [0.4, 0.5) is 10.5 Å². The van der Waals surface area contributed by atoms with Gasteiger partial charge in [0.05, 0.1) is 25.3 Å². The Morgan fingerprint density at radius 1 is 1.16 bits per heavy atom. The number of esters is 1. The summed E-state index contributed by atoms with van der Waals surface area (Å²) in [6.45, 7) is 11.5. The summed E-state index contributed by atoms with van der Waals surface area (Å²) >= 11 is 6.82. The molecule has 4 amide bonds. The number of nitrogens with one attached hydrogen (secondary N) is 2. The number of carboxylic acids is 1. The molecule has 0 aliphatic carbocycles.